The first kappa shape index (κ1) is 11.9. The van der Waals surface area contributed by atoms with Crippen molar-refractivity contribution < 1.29 is 4.79 Å². The maximum absolute atomic E-state index is 11.8. The van der Waals surface area contributed by atoms with E-state index in [1.54, 1.807) is 0 Å². The fraction of sp³-hybridized carbons (Fsp3) is 0.333. The Kier molecular flexibility index (Phi) is 2.83. The molecule has 0 spiro atoms. The Morgan fingerprint density at radius 1 is 1.41 bits per heavy atom. The van der Waals surface area contributed by atoms with Gasteiger partial charge in [-0.1, -0.05) is 20.8 Å². The second-order valence-electron chi connectivity index (χ2n) is 4.96. The molecule has 0 aliphatic heterocycles. The molecule has 0 atom stereocenters. The molecule has 0 radical (unpaired) electrons. The van der Waals surface area contributed by atoms with Crippen LogP contribution in [0.5, 0.6) is 0 Å². The first-order valence-corrected chi connectivity index (χ1v) is 5.71. The highest BCUT2D eigenvalue weighted by molar-refractivity contribution is 6.29. The number of carbonyl (C=O) groups excluding carboxylic acids is 1. The van der Waals surface area contributed by atoms with Crippen LogP contribution in [0, 0.1) is 5.41 Å². The third-order valence-corrected chi connectivity index (χ3v) is 2.57. The summed E-state index contributed by atoms with van der Waals surface area (Å²) in [5.74, 6) is -0.0255. The van der Waals surface area contributed by atoms with Gasteiger partial charge >= 0.3 is 0 Å². The Balaban J connectivity index is 2.28. The highest BCUT2D eigenvalue weighted by Gasteiger charge is 2.21. The number of fused-ring (bicyclic) bond motifs is 1. The molecule has 0 unspecified atom stereocenters. The second-order valence-corrected chi connectivity index (χ2v) is 5.32. The minimum absolute atomic E-state index is 0.0255. The normalized spacial score (nSPS) is 11.8. The van der Waals surface area contributed by atoms with Gasteiger partial charge in [0.15, 0.2) is 0 Å². The lowest BCUT2D eigenvalue weighted by Gasteiger charge is -2.17. The van der Waals surface area contributed by atoms with E-state index in [1.807, 2.05) is 39.0 Å². The number of carbonyl (C=O) groups is 1. The monoisotopic (exact) mass is 251 g/mol. The summed E-state index contributed by atoms with van der Waals surface area (Å²) in [4.78, 5) is 18.8. The quantitative estimate of drug-likeness (QED) is 0.818. The molecule has 1 aromatic heterocycles. The van der Waals surface area contributed by atoms with Crippen LogP contribution in [0.15, 0.2) is 18.2 Å². The predicted molar refractivity (Wildman–Crippen MR) is 69.2 cm³/mol. The van der Waals surface area contributed by atoms with Gasteiger partial charge in [0.05, 0.1) is 11.0 Å². The molecule has 90 valence electrons. The van der Waals surface area contributed by atoms with Crippen LogP contribution in [0.1, 0.15) is 20.8 Å². The van der Waals surface area contributed by atoms with Crippen molar-refractivity contribution in [2.75, 3.05) is 5.32 Å². The largest absolute Gasteiger partial charge is 0.329 e. The summed E-state index contributed by atoms with van der Waals surface area (Å²) < 4.78 is 0. The number of aromatic nitrogens is 2. The zero-order chi connectivity index (χ0) is 12.6. The van der Waals surface area contributed by atoms with Crippen LogP contribution in [0.25, 0.3) is 11.0 Å². The van der Waals surface area contributed by atoms with E-state index in [-0.39, 0.29) is 5.91 Å². The molecular weight excluding hydrogens is 238 g/mol. The molecule has 1 amide bonds. The summed E-state index contributed by atoms with van der Waals surface area (Å²) in [6.45, 7) is 5.61. The zero-order valence-electron chi connectivity index (χ0n) is 9.97. The van der Waals surface area contributed by atoms with Crippen LogP contribution < -0.4 is 5.32 Å². The highest BCUT2D eigenvalue weighted by atomic mass is 35.5. The average Bonchev–Trinajstić information content (AvgIpc) is 2.55. The highest BCUT2D eigenvalue weighted by Crippen LogP contribution is 2.21. The van der Waals surface area contributed by atoms with Gasteiger partial charge in [-0.05, 0) is 29.8 Å². The molecular formula is C12H14ClN3O. The van der Waals surface area contributed by atoms with E-state index in [0.29, 0.717) is 5.28 Å². The van der Waals surface area contributed by atoms with Crippen molar-refractivity contribution in [1.29, 1.82) is 0 Å². The number of rotatable bonds is 1. The van der Waals surface area contributed by atoms with Crippen molar-refractivity contribution in [3.63, 3.8) is 0 Å². The van der Waals surface area contributed by atoms with E-state index >= 15 is 0 Å². The maximum Gasteiger partial charge on any atom is 0.229 e. The Morgan fingerprint density at radius 2 is 2.12 bits per heavy atom. The lowest BCUT2D eigenvalue weighted by molar-refractivity contribution is -0.123. The first-order chi connectivity index (χ1) is 7.86. The van der Waals surface area contributed by atoms with E-state index < -0.39 is 5.41 Å². The fourth-order valence-electron chi connectivity index (χ4n) is 1.37. The van der Waals surface area contributed by atoms with Gasteiger partial charge in [-0.15, -0.1) is 0 Å². The molecule has 0 aliphatic carbocycles. The van der Waals surface area contributed by atoms with Crippen molar-refractivity contribution in [3.8, 4) is 0 Å². The molecule has 2 rings (SSSR count). The standard InChI is InChI=1S/C12H14ClN3O/c1-12(2,3)10(17)14-7-4-5-8-9(6-7)16-11(13)15-8/h4-6H,1-3H3,(H,14,17)(H,15,16). The van der Waals surface area contributed by atoms with Gasteiger partial charge in [0.1, 0.15) is 0 Å². The number of nitrogens with zero attached hydrogens (tertiary/aromatic N) is 1. The molecule has 1 aromatic carbocycles. The number of hydrogen-bond donors (Lipinski definition) is 2. The van der Waals surface area contributed by atoms with Gasteiger partial charge in [-0.25, -0.2) is 4.98 Å². The Bertz CT molecular complexity index is 569. The van der Waals surface area contributed by atoms with Crippen LogP contribution in [-0.2, 0) is 4.79 Å². The first-order valence-electron chi connectivity index (χ1n) is 5.33. The molecule has 0 aliphatic rings. The number of benzene rings is 1. The Labute approximate surface area is 104 Å². The van der Waals surface area contributed by atoms with Crippen molar-refractivity contribution >= 4 is 34.2 Å². The molecule has 1 heterocycles. The van der Waals surface area contributed by atoms with Crippen molar-refractivity contribution in [3.05, 3.63) is 23.5 Å². The van der Waals surface area contributed by atoms with Crippen LogP contribution >= 0.6 is 11.6 Å². The number of anilines is 1. The van der Waals surface area contributed by atoms with Gasteiger partial charge in [0.2, 0.25) is 11.2 Å². The van der Waals surface area contributed by atoms with Crippen molar-refractivity contribution in [2.24, 2.45) is 5.41 Å². The summed E-state index contributed by atoms with van der Waals surface area (Å²) in [7, 11) is 0. The summed E-state index contributed by atoms with van der Waals surface area (Å²) in [5.41, 5.74) is 1.91. The third-order valence-electron chi connectivity index (χ3n) is 2.39. The Hall–Kier alpha value is -1.55. The maximum atomic E-state index is 11.8. The molecule has 4 nitrogen and oxygen atoms in total. The molecule has 2 N–H and O–H groups in total. The van der Waals surface area contributed by atoms with E-state index in [4.69, 9.17) is 11.6 Å². The van der Waals surface area contributed by atoms with Crippen molar-refractivity contribution in [1.82, 2.24) is 9.97 Å². The molecule has 0 saturated carbocycles. The average molecular weight is 252 g/mol. The second kappa shape index (κ2) is 4.04. The molecule has 17 heavy (non-hydrogen) atoms. The van der Waals surface area contributed by atoms with Gasteiger partial charge < -0.3 is 10.3 Å². The molecule has 5 heteroatoms. The number of imidazole rings is 1. The summed E-state index contributed by atoms with van der Waals surface area (Å²) in [5, 5.41) is 3.20. The Morgan fingerprint density at radius 3 is 2.76 bits per heavy atom. The van der Waals surface area contributed by atoms with Gasteiger partial charge in [0.25, 0.3) is 0 Å². The van der Waals surface area contributed by atoms with E-state index in [1.165, 1.54) is 0 Å². The van der Waals surface area contributed by atoms with E-state index in [2.05, 4.69) is 15.3 Å². The number of hydrogen-bond acceptors (Lipinski definition) is 2. The minimum atomic E-state index is -0.416. The van der Waals surface area contributed by atoms with E-state index in [0.717, 1.165) is 16.7 Å². The molecule has 2 aromatic rings. The van der Waals surface area contributed by atoms with Crippen LogP contribution in [0.2, 0.25) is 5.28 Å². The third kappa shape index (κ3) is 2.58. The number of halogens is 1. The van der Waals surface area contributed by atoms with Crippen LogP contribution in [0.3, 0.4) is 0 Å². The molecule has 0 bridgehead atoms. The minimum Gasteiger partial charge on any atom is -0.329 e. The predicted octanol–water partition coefficient (Wildman–Crippen LogP) is 3.20. The number of amides is 1. The topological polar surface area (TPSA) is 57.8 Å². The molecule has 0 fully saturated rings. The van der Waals surface area contributed by atoms with Gasteiger partial charge in [-0.2, -0.15) is 0 Å². The SMILES string of the molecule is CC(C)(C)C(=O)Nc1ccc2nc(Cl)[nH]c2c1. The summed E-state index contributed by atoms with van der Waals surface area (Å²) in [6.07, 6.45) is 0. The summed E-state index contributed by atoms with van der Waals surface area (Å²) in [6, 6.07) is 5.44. The zero-order valence-corrected chi connectivity index (χ0v) is 10.7. The van der Waals surface area contributed by atoms with Crippen LogP contribution in [-0.4, -0.2) is 15.9 Å². The summed E-state index contributed by atoms with van der Waals surface area (Å²) >= 11 is 5.76. The van der Waals surface area contributed by atoms with Gasteiger partial charge in [-0.3, -0.25) is 4.79 Å². The number of nitrogens with one attached hydrogen (secondary N) is 2. The lowest BCUT2D eigenvalue weighted by Crippen LogP contribution is -2.27. The van der Waals surface area contributed by atoms with Gasteiger partial charge in [0, 0.05) is 11.1 Å². The van der Waals surface area contributed by atoms with E-state index in [9.17, 15) is 4.79 Å². The number of aromatic amines is 1. The van der Waals surface area contributed by atoms with Crippen molar-refractivity contribution in [2.45, 2.75) is 20.8 Å². The number of H-pyrrole nitrogens is 1. The fourth-order valence-corrected chi connectivity index (χ4v) is 1.57. The lowest BCUT2D eigenvalue weighted by atomic mass is 9.95. The molecule has 0 saturated heterocycles. The smallest absolute Gasteiger partial charge is 0.229 e. The van der Waals surface area contributed by atoms with Crippen LogP contribution in [0.4, 0.5) is 5.69 Å².